The molecule has 1 saturated carbocycles. The highest BCUT2D eigenvalue weighted by atomic mass is 32.1. The lowest BCUT2D eigenvalue weighted by Gasteiger charge is -2.28. The summed E-state index contributed by atoms with van der Waals surface area (Å²) < 4.78 is 0. The summed E-state index contributed by atoms with van der Waals surface area (Å²) in [5, 5.41) is 1.95. The van der Waals surface area contributed by atoms with Gasteiger partial charge in [0.2, 0.25) is 5.91 Å². The van der Waals surface area contributed by atoms with Crippen LogP contribution in [0, 0.1) is 5.92 Å². The first kappa shape index (κ1) is 11.5. The van der Waals surface area contributed by atoms with Gasteiger partial charge in [0.1, 0.15) is 0 Å². The van der Waals surface area contributed by atoms with Gasteiger partial charge in [0.05, 0.1) is 23.3 Å². The van der Waals surface area contributed by atoms with Crippen molar-refractivity contribution < 1.29 is 4.79 Å². The molecule has 0 spiro atoms. The molecule has 0 bridgehead atoms. The molecule has 1 aliphatic carbocycles. The average molecular weight is 239 g/mol. The summed E-state index contributed by atoms with van der Waals surface area (Å²) in [5.74, 6) is 0.376. The van der Waals surface area contributed by atoms with Crippen LogP contribution >= 0.6 is 11.3 Å². The Bertz CT molecular complexity index is 371. The molecule has 1 unspecified atom stereocenters. The Kier molecular flexibility index (Phi) is 2.99. The average Bonchev–Trinajstić information content (AvgIpc) is 2.99. The highest BCUT2D eigenvalue weighted by molar-refractivity contribution is 7.07. The Morgan fingerprint density at radius 3 is 2.94 bits per heavy atom. The summed E-state index contributed by atoms with van der Waals surface area (Å²) in [6, 6.07) is 0. The fourth-order valence-corrected chi connectivity index (χ4v) is 2.45. The molecule has 2 N–H and O–H groups in total. The van der Waals surface area contributed by atoms with Crippen molar-refractivity contribution in [2.75, 3.05) is 7.05 Å². The van der Waals surface area contributed by atoms with E-state index in [2.05, 4.69) is 4.98 Å². The molecular formula is C11H17N3OS. The maximum absolute atomic E-state index is 12.1. The monoisotopic (exact) mass is 239 g/mol. The molecule has 1 aromatic rings. The zero-order valence-electron chi connectivity index (χ0n) is 9.64. The van der Waals surface area contributed by atoms with Crippen molar-refractivity contribution in [3.8, 4) is 0 Å². The van der Waals surface area contributed by atoms with Crippen LogP contribution in [0.3, 0.4) is 0 Å². The number of aromatic nitrogens is 1. The second-order valence-electron chi connectivity index (χ2n) is 4.70. The third kappa shape index (κ3) is 2.25. The number of carbonyl (C=O) groups is 1. The molecular weight excluding hydrogens is 222 g/mol. The lowest BCUT2D eigenvalue weighted by Crippen LogP contribution is -2.53. The molecule has 1 amide bonds. The third-order valence-electron chi connectivity index (χ3n) is 3.12. The molecule has 0 saturated heterocycles. The highest BCUT2D eigenvalue weighted by Crippen LogP contribution is 2.38. The molecule has 1 heterocycles. The largest absolute Gasteiger partial charge is 0.338 e. The maximum Gasteiger partial charge on any atom is 0.242 e. The van der Waals surface area contributed by atoms with Crippen molar-refractivity contribution in [1.82, 2.24) is 9.88 Å². The summed E-state index contributed by atoms with van der Waals surface area (Å²) in [6.45, 7) is 2.38. The number of carbonyl (C=O) groups excluding carboxylic acids is 1. The molecule has 1 aromatic heterocycles. The third-order valence-corrected chi connectivity index (χ3v) is 3.75. The Morgan fingerprint density at radius 2 is 2.44 bits per heavy atom. The maximum atomic E-state index is 12.1. The van der Waals surface area contributed by atoms with Crippen LogP contribution in [0.5, 0.6) is 0 Å². The Hall–Kier alpha value is -0.940. The molecule has 1 fully saturated rings. The summed E-state index contributed by atoms with van der Waals surface area (Å²) in [4.78, 5) is 18.0. The van der Waals surface area contributed by atoms with Crippen molar-refractivity contribution in [3.63, 3.8) is 0 Å². The van der Waals surface area contributed by atoms with Crippen LogP contribution in [-0.4, -0.2) is 28.4 Å². The van der Waals surface area contributed by atoms with Gasteiger partial charge in [-0.1, -0.05) is 0 Å². The number of hydrogen-bond acceptors (Lipinski definition) is 4. The number of nitrogens with two attached hydrogens (primary N) is 1. The minimum Gasteiger partial charge on any atom is -0.338 e. The van der Waals surface area contributed by atoms with Crippen molar-refractivity contribution in [2.45, 2.75) is 31.8 Å². The van der Waals surface area contributed by atoms with E-state index in [4.69, 9.17) is 5.73 Å². The first-order chi connectivity index (χ1) is 7.51. The zero-order chi connectivity index (χ0) is 11.8. The summed E-state index contributed by atoms with van der Waals surface area (Å²) in [5.41, 5.74) is 8.08. The van der Waals surface area contributed by atoms with Crippen molar-refractivity contribution in [2.24, 2.45) is 11.7 Å². The molecule has 1 aliphatic rings. The quantitative estimate of drug-likeness (QED) is 0.859. The Balaban J connectivity index is 1.98. The second kappa shape index (κ2) is 4.14. The zero-order valence-corrected chi connectivity index (χ0v) is 10.5. The smallest absolute Gasteiger partial charge is 0.242 e. The fourth-order valence-electron chi connectivity index (χ4n) is 1.90. The van der Waals surface area contributed by atoms with Gasteiger partial charge in [-0.15, -0.1) is 11.3 Å². The summed E-state index contributed by atoms with van der Waals surface area (Å²) in [7, 11) is 1.79. The van der Waals surface area contributed by atoms with Crippen LogP contribution in [0.4, 0.5) is 0 Å². The first-order valence-electron chi connectivity index (χ1n) is 5.43. The van der Waals surface area contributed by atoms with Crippen molar-refractivity contribution >= 4 is 17.2 Å². The van der Waals surface area contributed by atoms with Crippen LogP contribution in [0.1, 0.15) is 25.5 Å². The molecule has 16 heavy (non-hydrogen) atoms. The number of hydrogen-bond donors (Lipinski definition) is 1. The van der Waals surface area contributed by atoms with Crippen LogP contribution < -0.4 is 5.73 Å². The molecule has 0 radical (unpaired) electrons. The van der Waals surface area contributed by atoms with E-state index in [9.17, 15) is 4.79 Å². The predicted molar refractivity (Wildman–Crippen MR) is 63.9 cm³/mol. The van der Waals surface area contributed by atoms with Gasteiger partial charge >= 0.3 is 0 Å². The van der Waals surface area contributed by atoms with Crippen molar-refractivity contribution in [1.29, 1.82) is 0 Å². The number of nitrogens with zero attached hydrogens (tertiary/aromatic N) is 2. The van der Waals surface area contributed by atoms with Crippen LogP contribution in [0.15, 0.2) is 10.9 Å². The lowest BCUT2D eigenvalue weighted by molar-refractivity contribution is -0.136. The SMILES string of the molecule is CN(Cc1cscn1)C(=O)C(C)(N)C1CC1. The molecule has 0 aromatic carbocycles. The van der Waals surface area contributed by atoms with E-state index >= 15 is 0 Å². The summed E-state index contributed by atoms with van der Waals surface area (Å²) in [6.07, 6.45) is 2.15. The Morgan fingerprint density at radius 1 is 1.75 bits per heavy atom. The van der Waals surface area contributed by atoms with E-state index in [0.29, 0.717) is 12.5 Å². The van der Waals surface area contributed by atoms with Gasteiger partial charge in [0, 0.05) is 12.4 Å². The number of rotatable bonds is 4. The lowest BCUT2D eigenvalue weighted by atomic mass is 9.95. The van der Waals surface area contributed by atoms with Crippen LogP contribution in [0.25, 0.3) is 0 Å². The van der Waals surface area contributed by atoms with E-state index in [1.54, 1.807) is 17.5 Å². The van der Waals surface area contributed by atoms with Gasteiger partial charge in [-0.25, -0.2) is 4.98 Å². The van der Waals surface area contributed by atoms with Crippen molar-refractivity contribution in [3.05, 3.63) is 16.6 Å². The van der Waals surface area contributed by atoms with Gasteiger partial charge in [0.15, 0.2) is 0 Å². The van der Waals surface area contributed by atoms with Gasteiger partial charge in [-0.3, -0.25) is 4.79 Å². The van der Waals surface area contributed by atoms with E-state index in [1.165, 1.54) is 11.3 Å². The molecule has 2 rings (SSSR count). The second-order valence-corrected chi connectivity index (χ2v) is 5.42. The highest BCUT2D eigenvalue weighted by Gasteiger charge is 2.45. The minimum absolute atomic E-state index is 0.0167. The summed E-state index contributed by atoms with van der Waals surface area (Å²) >= 11 is 1.54. The molecule has 88 valence electrons. The molecule has 0 aliphatic heterocycles. The molecule has 1 atom stereocenters. The number of thiazole rings is 1. The normalized spacial score (nSPS) is 19.2. The predicted octanol–water partition coefficient (Wildman–Crippen LogP) is 1.23. The van der Waals surface area contributed by atoms with E-state index < -0.39 is 5.54 Å². The molecule has 4 nitrogen and oxygen atoms in total. The van der Waals surface area contributed by atoms with Gasteiger partial charge in [0.25, 0.3) is 0 Å². The Labute approximate surface area is 99.5 Å². The van der Waals surface area contributed by atoms with Gasteiger partial charge < -0.3 is 10.6 Å². The number of likely N-dealkylation sites (N-methyl/N-ethyl adjacent to an activating group) is 1. The number of amides is 1. The van der Waals surface area contributed by atoms with Crippen LogP contribution in [-0.2, 0) is 11.3 Å². The van der Waals surface area contributed by atoms with Gasteiger partial charge in [-0.2, -0.15) is 0 Å². The van der Waals surface area contributed by atoms with E-state index in [1.807, 2.05) is 12.3 Å². The topological polar surface area (TPSA) is 59.2 Å². The van der Waals surface area contributed by atoms with Crippen LogP contribution in [0.2, 0.25) is 0 Å². The van der Waals surface area contributed by atoms with E-state index in [-0.39, 0.29) is 5.91 Å². The van der Waals surface area contributed by atoms with Gasteiger partial charge in [-0.05, 0) is 25.7 Å². The fraction of sp³-hybridized carbons (Fsp3) is 0.636. The standard InChI is InChI=1S/C11H17N3OS/c1-11(12,8-3-4-8)10(15)14(2)5-9-6-16-7-13-9/h6-8H,3-5,12H2,1-2H3. The first-order valence-corrected chi connectivity index (χ1v) is 6.37. The molecule has 5 heteroatoms. The minimum atomic E-state index is -0.704. The van der Waals surface area contributed by atoms with E-state index in [0.717, 1.165) is 18.5 Å².